The van der Waals surface area contributed by atoms with Crippen molar-refractivity contribution in [2.45, 2.75) is 71.3 Å². The molecule has 0 aromatic heterocycles. The molecule has 1 aromatic carbocycles. The normalized spacial score (nSPS) is 40.5. The molecule has 4 aliphatic rings. The van der Waals surface area contributed by atoms with E-state index in [-0.39, 0.29) is 28.6 Å². The van der Waals surface area contributed by atoms with E-state index in [9.17, 15) is 9.59 Å². The standard InChI is InChI=1S/C29H40N2O2/c1-19(20-8-6-5-7-9-20)18-30-27(33)24-12-11-22-21-10-13-25-29(3,17-15-26(32)31(25)4)23(21)14-16-28(22,24)2/h5-9,15,17,19,21-25H,10-14,16,18H2,1-4H3,(H,30,33)/t19-,21+,22+,23+,24-,25-,28+,29-/m1/s1. The van der Waals surface area contributed by atoms with E-state index in [1.54, 1.807) is 0 Å². The lowest BCUT2D eigenvalue weighted by Crippen LogP contribution is -2.59. The summed E-state index contributed by atoms with van der Waals surface area (Å²) < 4.78 is 0. The zero-order valence-corrected chi connectivity index (χ0v) is 20.7. The first-order valence-corrected chi connectivity index (χ1v) is 13.0. The van der Waals surface area contributed by atoms with E-state index in [1.807, 2.05) is 24.1 Å². The summed E-state index contributed by atoms with van der Waals surface area (Å²) in [6.07, 6.45) is 10.8. The fourth-order valence-corrected chi connectivity index (χ4v) is 8.45. The Morgan fingerprint density at radius 3 is 2.61 bits per heavy atom. The largest absolute Gasteiger partial charge is 0.355 e. The number of carbonyl (C=O) groups is 2. The van der Waals surface area contributed by atoms with E-state index in [2.05, 4.69) is 56.4 Å². The second kappa shape index (κ2) is 8.29. The topological polar surface area (TPSA) is 49.4 Å². The van der Waals surface area contributed by atoms with E-state index < -0.39 is 0 Å². The molecule has 3 saturated carbocycles. The van der Waals surface area contributed by atoms with Gasteiger partial charge in [0.05, 0.1) is 0 Å². The number of rotatable bonds is 4. The molecular formula is C29H40N2O2. The fraction of sp³-hybridized carbons (Fsp3) is 0.655. The van der Waals surface area contributed by atoms with Gasteiger partial charge in [0.25, 0.3) is 0 Å². The quantitative estimate of drug-likeness (QED) is 0.691. The van der Waals surface area contributed by atoms with Gasteiger partial charge in [0.1, 0.15) is 0 Å². The molecule has 33 heavy (non-hydrogen) atoms. The van der Waals surface area contributed by atoms with Crippen LogP contribution in [0.4, 0.5) is 0 Å². The van der Waals surface area contributed by atoms with E-state index in [1.165, 1.54) is 24.8 Å². The van der Waals surface area contributed by atoms with Crippen molar-refractivity contribution in [2.24, 2.45) is 34.5 Å². The predicted molar refractivity (Wildman–Crippen MR) is 131 cm³/mol. The minimum absolute atomic E-state index is 0.0678. The Morgan fingerprint density at radius 1 is 1.09 bits per heavy atom. The summed E-state index contributed by atoms with van der Waals surface area (Å²) in [6.45, 7) is 7.70. The van der Waals surface area contributed by atoms with Gasteiger partial charge in [0.15, 0.2) is 0 Å². The number of hydrogen-bond acceptors (Lipinski definition) is 2. The van der Waals surface area contributed by atoms with Crippen molar-refractivity contribution in [2.75, 3.05) is 13.6 Å². The maximum atomic E-state index is 13.4. The van der Waals surface area contributed by atoms with E-state index >= 15 is 0 Å². The molecule has 0 unspecified atom stereocenters. The number of amides is 2. The lowest BCUT2D eigenvalue weighted by atomic mass is 9.47. The first-order chi connectivity index (χ1) is 15.8. The summed E-state index contributed by atoms with van der Waals surface area (Å²) >= 11 is 0. The smallest absolute Gasteiger partial charge is 0.246 e. The number of benzene rings is 1. The van der Waals surface area contributed by atoms with E-state index in [4.69, 9.17) is 0 Å². The average molecular weight is 449 g/mol. The lowest BCUT2D eigenvalue weighted by Gasteiger charge is -2.60. The fourth-order valence-electron chi connectivity index (χ4n) is 8.45. The molecule has 4 nitrogen and oxygen atoms in total. The third-order valence-corrected chi connectivity index (χ3v) is 10.4. The summed E-state index contributed by atoms with van der Waals surface area (Å²) in [5, 5.41) is 3.32. The molecule has 1 N–H and O–H groups in total. The number of carbonyl (C=O) groups excluding carboxylic acids is 2. The molecule has 1 aliphatic heterocycles. The third kappa shape index (κ3) is 3.56. The number of nitrogens with one attached hydrogen (secondary N) is 1. The zero-order valence-electron chi connectivity index (χ0n) is 20.7. The molecule has 4 heteroatoms. The van der Waals surface area contributed by atoms with Crippen LogP contribution in [0.1, 0.15) is 70.8 Å². The lowest BCUT2D eigenvalue weighted by molar-refractivity contribution is -0.142. The van der Waals surface area contributed by atoms with Crippen molar-refractivity contribution >= 4 is 11.8 Å². The molecule has 0 bridgehead atoms. The molecule has 1 aromatic rings. The molecule has 1 heterocycles. The van der Waals surface area contributed by atoms with Gasteiger partial charge in [-0.25, -0.2) is 0 Å². The van der Waals surface area contributed by atoms with Crippen LogP contribution in [0.25, 0.3) is 0 Å². The van der Waals surface area contributed by atoms with Gasteiger partial charge < -0.3 is 10.2 Å². The van der Waals surface area contributed by atoms with Gasteiger partial charge >= 0.3 is 0 Å². The molecule has 2 amide bonds. The third-order valence-electron chi connectivity index (χ3n) is 10.4. The maximum absolute atomic E-state index is 13.4. The van der Waals surface area contributed by atoms with Crippen LogP contribution in [-0.4, -0.2) is 36.3 Å². The summed E-state index contributed by atoms with van der Waals surface area (Å²) in [6, 6.07) is 10.8. The van der Waals surface area contributed by atoms with Crippen molar-refractivity contribution < 1.29 is 9.59 Å². The molecule has 178 valence electrons. The SMILES string of the molecule is C[C@H](CNC(=O)[C@H]1CC[C@H]2[C@@H]3CC[C@H]4N(C)C(=O)C=C[C@]4(C)[C@H]3CC[C@]12C)c1ccccc1. The highest BCUT2D eigenvalue weighted by Crippen LogP contribution is 2.65. The van der Waals surface area contributed by atoms with Crippen molar-refractivity contribution in [3.05, 3.63) is 48.0 Å². The van der Waals surface area contributed by atoms with Crippen LogP contribution in [0.15, 0.2) is 42.5 Å². The van der Waals surface area contributed by atoms with Crippen molar-refractivity contribution in [1.29, 1.82) is 0 Å². The number of fused-ring (bicyclic) bond motifs is 5. The van der Waals surface area contributed by atoms with E-state index in [0.29, 0.717) is 36.3 Å². The Kier molecular flexibility index (Phi) is 5.69. The summed E-state index contributed by atoms with van der Waals surface area (Å²) in [4.78, 5) is 27.7. The molecule has 8 atom stereocenters. The number of hydrogen-bond donors (Lipinski definition) is 1. The van der Waals surface area contributed by atoms with Gasteiger partial charge in [-0.05, 0) is 79.3 Å². The summed E-state index contributed by atoms with van der Waals surface area (Å²) in [5.41, 5.74) is 1.45. The van der Waals surface area contributed by atoms with Gasteiger partial charge in [0, 0.05) is 31.0 Å². The molecule has 3 aliphatic carbocycles. The first-order valence-electron chi connectivity index (χ1n) is 13.0. The van der Waals surface area contributed by atoms with Crippen LogP contribution in [0.5, 0.6) is 0 Å². The Labute approximate surface area is 199 Å². The average Bonchev–Trinajstić information content (AvgIpc) is 3.18. The van der Waals surface area contributed by atoms with Crippen LogP contribution < -0.4 is 5.32 Å². The highest BCUT2D eigenvalue weighted by molar-refractivity contribution is 5.89. The minimum Gasteiger partial charge on any atom is -0.355 e. The van der Waals surface area contributed by atoms with Gasteiger partial charge in [-0.2, -0.15) is 0 Å². The second-order valence-electron chi connectivity index (χ2n) is 11.8. The van der Waals surface area contributed by atoms with Crippen LogP contribution in [0.3, 0.4) is 0 Å². The molecule has 5 rings (SSSR count). The van der Waals surface area contributed by atoms with Crippen LogP contribution in [0.2, 0.25) is 0 Å². The maximum Gasteiger partial charge on any atom is 0.246 e. The van der Waals surface area contributed by atoms with Crippen molar-refractivity contribution in [3.8, 4) is 0 Å². The van der Waals surface area contributed by atoms with Crippen molar-refractivity contribution in [3.63, 3.8) is 0 Å². The molecule has 0 spiro atoms. The molecule has 0 saturated heterocycles. The van der Waals surface area contributed by atoms with Crippen molar-refractivity contribution in [1.82, 2.24) is 10.2 Å². The molecular weight excluding hydrogens is 408 g/mol. The number of likely N-dealkylation sites (N-methyl/N-ethyl adjacent to an activating group) is 1. The van der Waals surface area contributed by atoms with Crippen LogP contribution in [0, 0.1) is 34.5 Å². The van der Waals surface area contributed by atoms with E-state index in [0.717, 1.165) is 19.3 Å². The summed E-state index contributed by atoms with van der Waals surface area (Å²) in [7, 11) is 1.98. The van der Waals surface area contributed by atoms with Gasteiger partial charge in [-0.3, -0.25) is 9.59 Å². The Hall–Kier alpha value is -2.10. The highest BCUT2D eigenvalue weighted by atomic mass is 16.2. The Morgan fingerprint density at radius 2 is 1.85 bits per heavy atom. The van der Waals surface area contributed by atoms with Gasteiger partial charge in [0.2, 0.25) is 11.8 Å². The molecule has 0 radical (unpaired) electrons. The van der Waals surface area contributed by atoms with Crippen LogP contribution >= 0.6 is 0 Å². The monoisotopic (exact) mass is 448 g/mol. The second-order valence-corrected chi connectivity index (χ2v) is 11.8. The van der Waals surface area contributed by atoms with Gasteiger partial charge in [-0.15, -0.1) is 0 Å². The molecule has 3 fully saturated rings. The Balaban J connectivity index is 1.29. The predicted octanol–water partition coefficient (Wildman–Crippen LogP) is 5.16. The number of nitrogens with zero attached hydrogens (tertiary/aromatic N) is 1. The summed E-state index contributed by atoms with van der Waals surface area (Å²) in [5.74, 6) is 2.76. The van der Waals surface area contributed by atoms with Crippen LogP contribution in [-0.2, 0) is 9.59 Å². The minimum atomic E-state index is 0.0678. The Bertz CT molecular complexity index is 942. The highest BCUT2D eigenvalue weighted by Gasteiger charge is 2.61. The first kappa shape index (κ1) is 22.7. The van der Waals surface area contributed by atoms with Gasteiger partial charge in [-0.1, -0.05) is 57.2 Å². The zero-order chi connectivity index (χ0) is 23.4.